The van der Waals surface area contributed by atoms with E-state index in [4.69, 9.17) is 9.47 Å². The maximum Gasteiger partial charge on any atom is 0.255 e. The first-order valence-corrected chi connectivity index (χ1v) is 15.4. The zero-order chi connectivity index (χ0) is 32.2. The Balaban J connectivity index is 1.53. The van der Waals surface area contributed by atoms with Gasteiger partial charge in [-0.1, -0.05) is 74.5 Å². The summed E-state index contributed by atoms with van der Waals surface area (Å²) < 4.78 is 11.9. The highest BCUT2D eigenvalue weighted by molar-refractivity contribution is 6.01. The first kappa shape index (κ1) is 33.0. The van der Waals surface area contributed by atoms with Gasteiger partial charge in [-0.05, 0) is 42.2 Å². The van der Waals surface area contributed by atoms with Crippen LogP contribution in [0.3, 0.4) is 0 Å². The number of hydrogen-bond donors (Lipinski definition) is 3. The van der Waals surface area contributed by atoms with Gasteiger partial charge in [0.25, 0.3) is 5.91 Å². The standard InChI is InChI=1S/C35H42N4O6/c1-4-39-19-21-45-31-17-11-9-15-27(31)33(41)38-28(23-32(40)37-29(35(39)43)22-25-12-6-5-7-13-25)34(42)36-18-20-44-30-16-10-8-14-26(30)24(2)3/h5-17,24,28-29H,4,18-23H2,1-3H3,(H,36,42)(H,37,40)(H,38,41)/t28-,29-/m0/s1. The van der Waals surface area contributed by atoms with Crippen LogP contribution in [0.15, 0.2) is 78.9 Å². The Bertz CT molecular complexity index is 1460. The fourth-order valence-corrected chi connectivity index (χ4v) is 5.17. The van der Waals surface area contributed by atoms with E-state index in [-0.39, 0.29) is 56.5 Å². The Kier molecular flexibility index (Phi) is 12.0. The summed E-state index contributed by atoms with van der Waals surface area (Å²) >= 11 is 0. The molecule has 1 aliphatic rings. The second-order valence-electron chi connectivity index (χ2n) is 11.1. The maximum absolute atomic E-state index is 13.7. The molecule has 1 heterocycles. The molecule has 0 saturated heterocycles. The summed E-state index contributed by atoms with van der Waals surface area (Å²) in [7, 11) is 0. The molecule has 2 atom stereocenters. The molecular formula is C35H42N4O6. The molecule has 10 heteroatoms. The number of nitrogens with one attached hydrogen (secondary N) is 3. The summed E-state index contributed by atoms with van der Waals surface area (Å²) in [5.74, 6) is -0.579. The topological polar surface area (TPSA) is 126 Å². The maximum atomic E-state index is 13.7. The number of carbonyl (C=O) groups excluding carboxylic acids is 4. The number of ether oxygens (including phenoxy) is 2. The third kappa shape index (κ3) is 9.31. The summed E-state index contributed by atoms with van der Waals surface area (Å²) in [5, 5.41) is 8.32. The van der Waals surface area contributed by atoms with Crippen molar-refractivity contribution in [2.45, 2.75) is 51.6 Å². The van der Waals surface area contributed by atoms with Crippen molar-refractivity contribution in [3.63, 3.8) is 0 Å². The SMILES string of the molecule is CCN1CCOc2ccccc2C(=O)N[C@H](C(=O)NCCOc2ccccc2C(C)C)CC(=O)N[C@@H](Cc2ccccc2)C1=O. The van der Waals surface area contributed by atoms with E-state index in [1.807, 2.05) is 61.5 Å². The molecular weight excluding hydrogens is 572 g/mol. The quantitative estimate of drug-likeness (QED) is 0.317. The first-order valence-electron chi connectivity index (χ1n) is 15.4. The zero-order valence-corrected chi connectivity index (χ0v) is 26.1. The highest BCUT2D eigenvalue weighted by Gasteiger charge is 2.30. The molecule has 0 fully saturated rings. The Hall–Kier alpha value is -4.86. The second-order valence-corrected chi connectivity index (χ2v) is 11.1. The number of fused-ring (bicyclic) bond motifs is 1. The summed E-state index contributed by atoms with van der Waals surface area (Å²) in [4.78, 5) is 55.5. The Morgan fingerprint density at radius 1 is 0.978 bits per heavy atom. The van der Waals surface area contributed by atoms with Crippen molar-refractivity contribution in [2.75, 3.05) is 32.8 Å². The molecule has 0 bridgehead atoms. The molecule has 0 aromatic heterocycles. The monoisotopic (exact) mass is 614 g/mol. The van der Waals surface area contributed by atoms with Gasteiger partial charge < -0.3 is 30.3 Å². The Labute approximate surface area is 264 Å². The minimum absolute atomic E-state index is 0.139. The number of hydrogen-bond acceptors (Lipinski definition) is 6. The number of carbonyl (C=O) groups is 4. The first-order chi connectivity index (χ1) is 21.8. The largest absolute Gasteiger partial charge is 0.491 e. The van der Waals surface area contributed by atoms with E-state index in [9.17, 15) is 19.2 Å². The van der Waals surface area contributed by atoms with Crippen LogP contribution < -0.4 is 25.4 Å². The van der Waals surface area contributed by atoms with Crippen molar-refractivity contribution >= 4 is 23.6 Å². The van der Waals surface area contributed by atoms with Gasteiger partial charge in [0.1, 0.15) is 36.8 Å². The molecule has 10 nitrogen and oxygen atoms in total. The number of nitrogens with zero attached hydrogens (tertiary/aromatic N) is 1. The lowest BCUT2D eigenvalue weighted by Crippen LogP contribution is -2.54. The molecule has 3 N–H and O–H groups in total. The average Bonchev–Trinajstić information content (AvgIpc) is 3.04. The third-order valence-electron chi connectivity index (χ3n) is 7.57. The minimum atomic E-state index is -1.22. The fraction of sp³-hybridized carbons (Fsp3) is 0.371. The van der Waals surface area contributed by atoms with Crippen LogP contribution in [0, 0.1) is 0 Å². The number of para-hydroxylation sites is 2. The van der Waals surface area contributed by atoms with Gasteiger partial charge in [-0.25, -0.2) is 0 Å². The van der Waals surface area contributed by atoms with Gasteiger partial charge in [-0.2, -0.15) is 0 Å². The molecule has 238 valence electrons. The van der Waals surface area contributed by atoms with E-state index in [0.717, 1.165) is 16.9 Å². The average molecular weight is 615 g/mol. The molecule has 1 aliphatic heterocycles. The van der Waals surface area contributed by atoms with E-state index in [1.54, 1.807) is 29.2 Å². The highest BCUT2D eigenvalue weighted by Crippen LogP contribution is 2.25. The van der Waals surface area contributed by atoms with E-state index in [2.05, 4.69) is 29.8 Å². The minimum Gasteiger partial charge on any atom is -0.491 e. The number of benzene rings is 3. The van der Waals surface area contributed by atoms with E-state index in [1.165, 1.54) is 0 Å². The number of rotatable bonds is 9. The van der Waals surface area contributed by atoms with Crippen LogP contribution in [0.4, 0.5) is 0 Å². The second kappa shape index (κ2) is 16.3. The van der Waals surface area contributed by atoms with Crippen molar-refractivity contribution in [1.29, 1.82) is 0 Å². The van der Waals surface area contributed by atoms with E-state index < -0.39 is 29.8 Å². The van der Waals surface area contributed by atoms with Crippen LogP contribution in [0.1, 0.15) is 54.6 Å². The van der Waals surface area contributed by atoms with Crippen LogP contribution in [-0.2, 0) is 20.8 Å². The van der Waals surface area contributed by atoms with Crippen molar-refractivity contribution < 1.29 is 28.7 Å². The van der Waals surface area contributed by atoms with Gasteiger partial charge in [-0.15, -0.1) is 0 Å². The Morgan fingerprint density at radius 3 is 2.44 bits per heavy atom. The number of likely N-dealkylation sites (N-methyl/N-ethyl adjacent to an activating group) is 1. The van der Waals surface area contributed by atoms with Gasteiger partial charge in [-0.3, -0.25) is 19.2 Å². The number of amides is 4. The van der Waals surface area contributed by atoms with Gasteiger partial charge >= 0.3 is 0 Å². The summed E-state index contributed by atoms with van der Waals surface area (Å²) in [6, 6.07) is 21.7. The predicted octanol–water partition coefficient (Wildman–Crippen LogP) is 3.46. The molecule has 4 amide bonds. The van der Waals surface area contributed by atoms with Crippen LogP contribution in [-0.4, -0.2) is 73.5 Å². The molecule has 3 aromatic rings. The lowest BCUT2D eigenvalue weighted by Gasteiger charge is -2.28. The Morgan fingerprint density at radius 2 is 1.69 bits per heavy atom. The van der Waals surface area contributed by atoms with Gasteiger partial charge in [0.2, 0.25) is 17.7 Å². The molecule has 0 radical (unpaired) electrons. The molecule has 45 heavy (non-hydrogen) atoms. The van der Waals surface area contributed by atoms with Gasteiger partial charge in [0, 0.05) is 13.0 Å². The molecule has 0 unspecified atom stereocenters. The van der Waals surface area contributed by atoms with Crippen LogP contribution in [0.25, 0.3) is 0 Å². The predicted molar refractivity (Wildman–Crippen MR) is 171 cm³/mol. The summed E-state index contributed by atoms with van der Waals surface area (Å²) in [6.07, 6.45) is -0.105. The van der Waals surface area contributed by atoms with Crippen molar-refractivity contribution in [3.8, 4) is 11.5 Å². The van der Waals surface area contributed by atoms with Gasteiger partial charge in [0.15, 0.2) is 0 Å². The lowest BCUT2D eigenvalue weighted by atomic mass is 10.0. The summed E-state index contributed by atoms with van der Waals surface area (Å²) in [5.41, 5.74) is 2.15. The third-order valence-corrected chi connectivity index (χ3v) is 7.57. The molecule has 0 saturated carbocycles. The molecule has 0 aliphatic carbocycles. The normalized spacial score (nSPS) is 17.8. The summed E-state index contributed by atoms with van der Waals surface area (Å²) in [6.45, 7) is 7.16. The molecule has 4 rings (SSSR count). The zero-order valence-electron chi connectivity index (χ0n) is 26.1. The molecule has 3 aromatic carbocycles. The van der Waals surface area contributed by atoms with Crippen molar-refractivity contribution in [2.24, 2.45) is 0 Å². The van der Waals surface area contributed by atoms with Gasteiger partial charge in [0.05, 0.1) is 25.1 Å². The highest BCUT2D eigenvalue weighted by atomic mass is 16.5. The molecule has 0 spiro atoms. The van der Waals surface area contributed by atoms with E-state index >= 15 is 0 Å². The van der Waals surface area contributed by atoms with Crippen molar-refractivity contribution in [1.82, 2.24) is 20.9 Å². The fourth-order valence-electron chi connectivity index (χ4n) is 5.17. The smallest absolute Gasteiger partial charge is 0.255 e. The van der Waals surface area contributed by atoms with Crippen LogP contribution >= 0.6 is 0 Å². The van der Waals surface area contributed by atoms with Crippen LogP contribution in [0.5, 0.6) is 11.5 Å². The van der Waals surface area contributed by atoms with Crippen molar-refractivity contribution in [3.05, 3.63) is 95.6 Å². The lowest BCUT2D eigenvalue weighted by molar-refractivity contribution is -0.137. The van der Waals surface area contributed by atoms with Crippen LogP contribution in [0.2, 0.25) is 0 Å². The van der Waals surface area contributed by atoms with E-state index in [0.29, 0.717) is 12.3 Å².